The fraction of sp³-hybridized carbons (Fsp3) is 0.150. The molecule has 0 unspecified atom stereocenters. The Balaban J connectivity index is 1.67. The molecule has 2 N–H and O–H groups in total. The van der Waals surface area contributed by atoms with E-state index < -0.39 is 0 Å². The second-order valence-electron chi connectivity index (χ2n) is 5.99. The first-order chi connectivity index (χ1) is 13.5. The van der Waals surface area contributed by atoms with E-state index in [9.17, 15) is 9.59 Å². The lowest BCUT2D eigenvalue weighted by Crippen LogP contribution is -2.33. The minimum absolute atomic E-state index is 0.138. The summed E-state index contributed by atoms with van der Waals surface area (Å²) < 4.78 is 2.60. The molecule has 0 atom stereocenters. The average molecular weight is 462 g/mol. The predicted octanol–water partition coefficient (Wildman–Crippen LogP) is 4.22. The molecule has 0 aliphatic rings. The molecular formula is C20H18BrClN4O2. The number of nitrogens with zero attached hydrogens (tertiary/aromatic N) is 2. The molecule has 144 valence electrons. The fourth-order valence-electron chi connectivity index (χ4n) is 2.73. The highest BCUT2D eigenvalue weighted by atomic mass is 79.9. The lowest BCUT2D eigenvalue weighted by molar-refractivity contribution is -0.115. The minimum atomic E-state index is -0.351. The molecule has 1 heterocycles. The van der Waals surface area contributed by atoms with Gasteiger partial charge in [-0.3, -0.25) is 9.59 Å². The van der Waals surface area contributed by atoms with Gasteiger partial charge in [-0.25, -0.2) is 4.68 Å². The maximum absolute atomic E-state index is 12.6. The number of rotatable bonds is 6. The molecule has 0 saturated carbocycles. The lowest BCUT2D eigenvalue weighted by atomic mass is 10.2. The monoisotopic (exact) mass is 460 g/mol. The molecule has 0 radical (unpaired) electrons. The summed E-state index contributed by atoms with van der Waals surface area (Å²) in [6.07, 6.45) is 2.10. The number of carbonyl (C=O) groups is 2. The van der Waals surface area contributed by atoms with Crippen molar-refractivity contribution in [1.29, 1.82) is 0 Å². The van der Waals surface area contributed by atoms with E-state index in [4.69, 9.17) is 11.6 Å². The van der Waals surface area contributed by atoms with E-state index in [1.165, 1.54) is 6.20 Å². The highest BCUT2D eigenvalue weighted by Gasteiger charge is 2.18. The molecule has 0 bridgehead atoms. The SMILES string of the molecule is CCc1c(C(=O)NCC(=O)Nc2ccc(Br)cc2)cnn1-c1cccc(Cl)c1. The van der Waals surface area contributed by atoms with E-state index >= 15 is 0 Å². The van der Waals surface area contributed by atoms with Crippen LogP contribution in [0.2, 0.25) is 5.02 Å². The standard InChI is InChI=1S/C20H18BrClN4O2/c1-2-18-17(11-24-26(18)16-5-3-4-14(22)10-16)20(28)23-12-19(27)25-15-8-6-13(21)7-9-15/h3-11H,2,12H2,1H3,(H,23,28)(H,25,27). The second-order valence-corrected chi connectivity index (χ2v) is 7.34. The molecular weight excluding hydrogens is 444 g/mol. The lowest BCUT2D eigenvalue weighted by Gasteiger charge is -2.09. The number of hydrogen-bond acceptors (Lipinski definition) is 3. The maximum atomic E-state index is 12.6. The van der Waals surface area contributed by atoms with Gasteiger partial charge in [0.2, 0.25) is 5.91 Å². The van der Waals surface area contributed by atoms with Crippen molar-refractivity contribution < 1.29 is 9.59 Å². The van der Waals surface area contributed by atoms with Crippen LogP contribution >= 0.6 is 27.5 Å². The molecule has 0 saturated heterocycles. The zero-order chi connectivity index (χ0) is 20.1. The maximum Gasteiger partial charge on any atom is 0.255 e. The van der Waals surface area contributed by atoms with Crippen LogP contribution in [-0.2, 0) is 11.2 Å². The van der Waals surface area contributed by atoms with Crippen molar-refractivity contribution in [3.8, 4) is 5.69 Å². The van der Waals surface area contributed by atoms with E-state index in [2.05, 4.69) is 31.7 Å². The smallest absolute Gasteiger partial charge is 0.255 e. The molecule has 6 nitrogen and oxygen atoms in total. The van der Waals surface area contributed by atoms with Crippen LogP contribution < -0.4 is 10.6 Å². The van der Waals surface area contributed by atoms with Gasteiger partial charge in [0.15, 0.2) is 0 Å². The first-order valence-electron chi connectivity index (χ1n) is 8.64. The van der Waals surface area contributed by atoms with Crippen LogP contribution in [0.15, 0.2) is 59.2 Å². The molecule has 0 aliphatic carbocycles. The first kappa shape index (κ1) is 20.1. The van der Waals surface area contributed by atoms with E-state index in [0.29, 0.717) is 22.7 Å². The van der Waals surface area contributed by atoms with Crippen molar-refractivity contribution in [1.82, 2.24) is 15.1 Å². The van der Waals surface area contributed by atoms with Crippen molar-refractivity contribution in [3.63, 3.8) is 0 Å². The molecule has 8 heteroatoms. The van der Waals surface area contributed by atoms with Crippen molar-refractivity contribution in [3.05, 3.63) is 75.5 Å². The number of carbonyl (C=O) groups excluding carboxylic acids is 2. The first-order valence-corrected chi connectivity index (χ1v) is 9.81. The van der Waals surface area contributed by atoms with E-state index in [1.54, 1.807) is 28.9 Å². The van der Waals surface area contributed by atoms with Crippen LogP contribution in [0.4, 0.5) is 5.69 Å². The zero-order valence-corrected chi connectivity index (χ0v) is 17.4. The summed E-state index contributed by atoms with van der Waals surface area (Å²) in [6.45, 7) is 1.80. The molecule has 2 amide bonds. The number of hydrogen-bond donors (Lipinski definition) is 2. The molecule has 0 spiro atoms. The molecule has 0 aliphatic heterocycles. The highest BCUT2D eigenvalue weighted by Crippen LogP contribution is 2.19. The van der Waals surface area contributed by atoms with Gasteiger partial charge in [0.25, 0.3) is 5.91 Å². The molecule has 1 aromatic heterocycles. The Morgan fingerprint density at radius 3 is 2.61 bits per heavy atom. The second kappa shape index (κ2) is 9.03. The van der Waals surface area contributed by atoms with Crippen LogP contribution in [-0.4, -0.2) is 28.1 Å². The summed E-state index contributed by atoms with van der Waals surface area (Å²) in [6, 6.07) is 14.4. The van der Waals surface area contributed by atoms with Gasteiger partial charge >= 0.3 is 0 Å². The Morgan fingerprint density at radius 1 is 1.18 bits per heavy atom. The summed E-state index contributed by atoms with van der Waals surface area (Å²) >= 11 is 9.39. The quantitative estimate of drug-likeness (QED) is 0.577. The Labute approximate surface area is 176 Å². The molecule has 2 aromatic carbocycles. The highest BCUT2D eigenvalue weighted by molar-refractivity contribution is 9.10. The molecule has 3 aromatic rings. The predicted molar refractivity (Wildman–Crippen MR) is 113 cm³/mol. The zero-order valence-electron chi connectivity index (χ0n) is 15.1. The van der Waals surface area contributed by atoms with Gasteiger partial charge in [-0.1, -0.05) is 40.5 Å². The minimum Gasteiger partial charge on any atom is -0.343 e. The number of nitrogens with one attached hydrogen (secondary N) is 2. The number of benzene rings is 2. The van der Waals surface area contributed by atoms with Crippen molar-refractivity contribution in [2.24, 2.45) is 0 Å². The van der Waals surface area contributed by atoms with Gasteiger partial charge < -0.3 is 10.6 Å². The Bertz CT molecular complexity index is 1000. The largest absolute Gasteiger partial charge is 0.343 e. The van der Waals surface area contributed by atoms with Crippen molar-refractivity contribution >= 4 is 45.0 Å². The summed E-state index contributed by atoms with van der Waals surface area (Å²) in [4.78, 5) is 24.6. The molecule has 3 rings (SSSR count). The van der Waals surface area contributed by atoms with Crippen molar-refractivity contribution in [2.75, 3.05) is 11.9 Å². The van der Waals surface area contributed by atoms with E-state index in [0.717, 1.165) is 15.9 Å². The fourth-order valence-corrected chi connectivity index (χ4v) is 3.18. The number of halogens is 2. The summed E-state index contributed by atoms with van der Waals surface area (Å²) in [5.41, 5.74) is 2.61. The van der Waals surface area contributed by atoms with Crippen LogP contribution in [0, 0.1) is 0 Å². The number of aromatic nitrogens is 2. The van der Waals surface area contributed by atoms with Crippen LogP contribution in [0.3, 0.4) is 0 Å². The third-order valence-corrected chi connectivity index (χ3v) is 4.80. The summed E-state index contributed by atoms with van der Waals surface area (Å²) in [7, 11) is 0. The number of anilines is 1. The van der Waals surface area contributed by atoms with Crippen molar-refractivity contribution in [2.45, 2.75) is 13.3 Å². The Morgan fingerprint density at radius 2 is 1.93 bits per heavy atom. The van der Waals surface area contributed by atoms with Crippen LogP contribution in [0.25, 0.3) is 5.69 Å². The summed E-state index contributed by atoms with van der Waals surface area (Å²) in [5, 5.41) is 10.3. The number of amides is 2. The van der Waals surface area contributed by atoms with Gasteiger partial charge in [0.1, 0.15) is 0 Å². The van der Waals surface area contributed by atoms with Gasteiger partial charge in [0.05, 0.1) is 29.7 Å². The van der Waals surface area contributed by atoms with E-state index in [-0.39, 0.29) is 18.4 Å². The van der Waals surface area contributed by atoms with Crippen LogP contribution in [0.5, 0.6) is 0 Å². The summed E-state index contributed by atoms with van der Waals surface area (Å²) in [5.74, 6) is -0.660. The Hall–Kier alpha value is -2.64. The third kappa shape index (κ3) is 4.79. The third-order valence-electron chi connectivity index (χ3n) is 4.04. The topological polar surface area (TPSA) is 76.0 Å². The average Bonchev–Trinajstić information content (AvgIpc) is 3.12. The Kier molecular flexibility index (Phi) is 6.49. The van der Waals surface area contributed by atoms with E-state index in [1.807, 2.05) is 31.2 Å². The molecule has 0 fully saturated rings. The van der Waals surface area contributed by atoms with Gasteiger partial charge in [-0.05, 0) is 48.9 Å². The van der Waals surface area contributed by atoms with Gasteiger partial charge in [0, 0.05) is 15.2 Å². The molecule has 28 heavy (non-hydrogen) atoms. The van der Waals surface area contributed by atoms with Gasteiger partial charge in [-0.15, -0.1) is 0 Å². The van der Waals surface area contributed by atoms with Crippen LogP contribution in [0.1, 0.15) is 23.0 Å². The normalized spacial score (nSPS) is 10.5. The van der Waals surface area contributed by atoms with Gasteiger partial charge in [-0.2, -0.15) is 5.10 Å².